The summed E-state index contributed by atoms with van der Waals surface area (Å²) in [6.07, 6.45) is 1.65. The number of rotatable bonds is 5. The van der Waals surface area contributed by atoms with Crippen LogP contribution in [0.25, 0.3) is 11.0 Å². The first-order valence-electron chi connectivity index (χ1n) is 7.57. The average Bonchev–Trinajstić information content (AvgIpc) is 2.62. The third-order valence-electron chi connectivity index (χ3n) is 3.66. The van der Waals surface area contributed by atoms with Gasteiger partial charge in [0.25, 0.3) is 11.5 Å². The number of nitrogens with zero attached hydrogens (tertiary/aromatic N) is 2. The second-order valence-electron chi connectivity index (χ2n) is 5.30. The summed E-state index contributed by atoms with van der Waals surface area (Å²) in [5.74, 6) is -0.369. The Morgan fingerprint density at radius 1 is 1.17 bits per heavy atom. The average molecular weight is 386 g/mol. The molecule has 0 aliphatic heterocycles. The van der Waals surface area contributed by atoms with Gasteiger partial charge in [-0.25, -0.2) is 4.98 Å². The van der Waals surface area contributed by atoms with Gasteiger partial charge in [0.15, 0.2) is 0 Å². The molecule has 0 fully saturated rings. The van der Waals surface area contributed by atoms with E-state index in [4.69, 9.17) is 0 Å². The lowest BCUT2D eigenvalue weighted by Crippen LogP contribution is -2.34. The second kappa shape index (κ2) is 7.40. The molecule has 5 nitrogen and oxygen atoms in total. The molecule has 2 heterocycles. The van der Waals surface area contributed by atoms with Crippen molar-refractivity contribution in [2.75, 3.05) is 11.9 Å². The van der Waals surface area contributed by atoms with Crippen molar-refractivity contribution in [3.8, 4) is 0 Å². The van der Waals surface area contributed by atoms with Crippen LogP contribution in [0, 0.1) is 0 Å². The standard InChI is InChI=1S/C18H16BrN3O2/c19-8-10-21-17(23)15-11-14-7-4-9-20-16(14)22(18(15)24)12-13-5-2-1-3-6-13/h1-7,9,11H,8,10,12H2,(H,21,23). The summed E-state index contributed by atoms with van der Waals surface area (Å²) in [4.78, 5) is 29.5. The molecule has 3 rings (SSSR count). The second-order valence-corrected chi connectivity index (χ2v) is 6.09. The lowest BCUT2D eigenvalue weighted by molar-refractivity contribution is 0.0954. The summed E-state index contributed by atoms with van der Waals surface area (Å²) in [6.45, 7) is 0.828. The van der Waals surface area contributed by atoms with Crippen LogP contribution in [0.3, 0.4) is 0 Å². The SMILES string of the molecule is O=C(NCCBr)c1cc2cccnc2n(Cc2ccccc2)c1=O. The maximum atomic E-state index is 12.8. The van der Waals surface area contributed by atoms with Crippen molar-refractivity contribution in [3.63, 3.8) is 0 Å². The lowest BCUT2D eigenvalue weighted by Gasteiger charge is -2.12. The number of alkyl halides is 1. The predicted octanol–water partition coefficient (Wildman–Crippen LogP) is 2.57. The van der Waals surface area contributed by atoms with E-state index in [0.29, 0.717) is 24.1 Å². The molecule has 1 N–H and O–H groups in total. The van der Waals surface area contributed by atoms with Gasteiger partial charge in [-0.3, -0.25) is 14.2 Å². The molecule has 0 radical (unpaired) electrons. The number of halogens is 1. The van der Waals surface area contributed by atoms with Crippen molar-refractivity contribution in [2.45, 2.75) is 6.54 Å². The number of aromatic nitrogens is 2. The molecule has 6 heteroatoms. The van der Waals surface area contributed by atoms with E-state index in [1.807, 2.05) is 36.4 Å². The van der Waals surface area contributed by atoms with E-state index in [1.165, 1.54) is 0 Å². The van der Waals surface area contributed by atoms with E-state index in [1.54, 1.807) is 22.9 Å². The molecule has 0 bridgehead atoms. The van der Waals surface area contributed by atoms with Gasteiger partial charge >= 0.3 is 0 Å². The lowest BCUT2D eigenvalue weighted by atomic mass is 10.1. The van der Waals surface area contributed by atoms with E-state index in [-0.39, 0.29) is 17.0 Å². The Hall–Kier alpha value is -2.47. The molecule has 1 aromatic carbocycles. The van der Waals surface area contributed by atoms with Crippen LogP contribution in [0.4, 0.5) is 0 Å². The fourth-order valence-electron chi connectivity index (χ4n) is 2.54. The number of fused-ring (bicyclic) bond motifs is 1. The first-order valence-corrected chi connectivity index (χ1v) is 8.69. The number of amides is 1. The maximum absolute atomic E-state index is 12.8. The molecule has 24 heavy (non-hydrogen) atoms. The highest BCUT2D eigenvalue weighted by molar-refractivity contribution is 9.09. The summed E-state index contributed by atoms with van der Waals surface area (Å²) in [7, 11) is 0. The number of carbonyl (C=O) groups excluding carboxylic acids is 1. The summed E-state index contributed by atoms with van der Waals surface area (Å²) in [5, 5.41) is 4.12. The normalized spacial score (nSPS) is 10.7. The zero-order chi connectivity index (χ0) is 16.9. The molecular formula is C18H16BrN3O2. The van der Waals surface area contributed by atoms with Gasteiger partial charge in [-0.15, -0.1) is 0 Å². The van der Waals surface area contributed by atoms with E-state index in [2.05, 4.69) is 26.2 Å². The molecule has 2 aromatic heterocycles. The van der Waals surface area contributed by atoms with Gasteiger partial charge in [0.1, 0.15) is 11.2 Å². The Balaban J connectivity index is 2.13. The monoisotopic (exact) mass is 385 g/mol. The van der Waals surface area contributed by atoms with Gasteiger partial charge in [0, 0.05) is 23.5 Å². The first kappa shape index (κ1) is 16.4. The minimum Gasteiger partial charge on any atom is -0.351 e. The number of benzene rings is 1. The zero-order valence-corrected chi connectivity index (χ0v) is 14.5. The number of hydrogen-bond acceptors (Lipinski definition) is 3. The van der Waals surface area contributed by atoms with E-state index < -0.39 is 0 Å². The minimum absolute atomic E-state index is 0.132. The molecule has 0 saturated heterocycles. The Bertz CT molecular complexity index is 922. The fraction of sp³-hybridized carbons (Fsp3) is 0.167. The molecule has 0 saturated carbocycles. The van der Waals surface area contributed by atoms with Gasteiger partial charge in [-0.2, -0.15) is 0 Å². The molecule has 0 aliphatic rings. The number of pyridine rings is 2. The Labute approximate surface area is 147 Å². The van der Waals surface area contributed by atoms with Crippen LogP contribution in [0.5, 0.6) is 0 Å². The molecular weight excluding hydrogens is 370 g/mol. The minimum atomic E-state index is -0.369. The molecule has 0 aliphatic carbocycles. The van der Waals surface area contributed by atoms with Crippen LogP contribution < -0.4 is 10.9 Å². The highest BCUT2D eigenvalue weighted by atomic mass is 79.9. The van der Waals surface area contributed by atoms with Crippen LogP contribution in [-0.4, -0.2) is 27.3 Å². The van der Waals surface area contributed by atoms with Crippen LogP contribution in [0.15, 0.2) is 59.5 Å². The Morgan fingerprint density at radius 2 is 1.96 bits per heavy atom. The Morgan fingerprint density at radius 3 is 2.71 bits per heavy atom. The molecule has 3 aromatic rings. The highest BCUT2D eigenvalue weighted by Crippen LogP contribution is 2.13. The zero-order valence-electron chi connectivity index (χ0n) is 12.9. The Kier molecular flexibility index (Phi) is 5.05. The largest absolute Gasteiger partial charge is 0.351 e. The summed E-state index contributed by atoms with van der Waals surface area (Å²) < 4.78 is 1.55. The molecule has 122 valence electrons. The number of nitrogens with one attached hydrogen (secondary N) is 1. The van der Waals surface area contributed by atoms with Crippen LogP contribution in [-0.2, 0) is 6.54 Å². The summed E-state index contributed by atoms with van der Waals surface area (Å²) in [5.41, 5.74) is 1.34. The first-order chi connectivity index (χ1) is 11.7. The highest BCUT2D eigenvalue weighted by Gasteiger charge is 2.16. The van der Waals surface area contributed by atoms with Crippen LogP contribution in [0.1, 0.15) is 15.9 Å². The van der Waals surface area contributed by atoms with Crippen molar-refractivity contribution in [3.05, 3.63) is 76.2 Å². The van der Waals surface area contributed by atoms with Crippen molar-refractivity contribution in [2.24, 2.45) is 0 Å². The third-order valence-corrected chi connectivity index (χ3v) is 4.05. The van der Waals surface area contributed by atoms with Crippen LogP contribution >= 0.6 is 15.9 Å². The third kappa shape index (κ3) is 3.38. The van der Waals surface area contributed by atoms with Crippen LogP contribution in [0.2, 0.25) is 0 Å². The quantitative estimate of drug-likeness (QED) is 0.686. The molecule has 0 unspecified atom stereocenters. The van der Waals surface area contributed by atoms with Gasteiger partial charge in [-0.1, -0.05) is 46.3 Å². The topological polar surface area (TPSA) is 64.0 Å². The fourth-order valence-corrected chi connectivity index (χ4v) is 2.74. The van der Waals surface area contributed by atoms with Crippen molar-refractivity contribution < 1.29 is 4.79 Å². The predicted molar refractivity (Wildman–Crippen MR) is 97.7 cm³/mol. The summed E-state index contributed by atoms with van der Waals surface area (Å²) >= 11 is 3.26. The van der Waals surface area contributed by atoms with Gasteiger partial charge in [-0.05, 0) is 23.8 Å². The number of hydrogen-bond donors (Lipinski definition) is 1. The van der Waals surface area contributed by atoms with Crippen molar-refractivity contribution in [1.82, 2.24) is 14.9 Å². The van der Waals surface area contributed by atoms with E-state index in [0.717, 1.165) is 10.9 Å². The number of carbonyl (C=O) groups is 1. The molecule has 0 atom stereocenters. The molecule has 1 amide bonds. The van der Waals surface area contributed by atoms with Crippen molar-refractivity contribution >= 4 is 32.9 Å². The van der Waals surface area contributed by atoms with E-state index in [9.17, 15) is 9.59 Å². The maximum Gasteiger partial charge on any atom is 0.265 e. The summed E-state index contributed by atoms with van der Waals surface area (Å²) in [6, 6.07) is 14.9. The smallest absolute Gasteiger partial charge is 0.265 e. The van der Waals surface area contributed by atoms with Gasteiger partial charge in [0.2, 0.25) is 0 Å². The van der Waals surface area contributed by atoms with E-state index >= 15 is 0 Å². The van der Waals surface area contributed by atoms with Gasteiger partial charge in [0.05, 0.1) is 6.54 Å². The van der Waals surface area contributed by atoms with Gasteiger partial charge < -0.3 is 5.32 Å². The van der Waals surface area contributed by atoms with Crippen molar-refractivity contribution in [1.29, 1.82) is 0 Å². The molecule has 0 spiro atoms.